The van der Waals surface area contributed by atoms with Gasteiger partial charge in [-0.1, -0.05) is 6.82 Å². The molecule has 0 aromatic heterocycles. The molecule has 0 aliphatic heterocycles. The first kappa shape index (κ1) is 3.99. The summed E-state index contributed by atoms with van der Waals surface area (Å²) in [5.74, 6) is 0. The molecule has 24 valence electrons. The average Bonchev–Trinajstić information content (AvgIpc) is 1.37. The van der Waals surface area contributed by atoms with Gasteiger partial charge in [0.1, 0.15) is 0 Å². The van der Waals surface area contributed by atoms with Gasteiger partial charge in [-0.2, -0.15) is 0 Å². The Bertz CT molecular complexity index is 8.00. The molecule has 0 saturated heterocycles. The molecule has 0 bridgehead atoms. The fraction of sp³-hybridized carbons (Fsp3) is 1.00. The topological polar surface area (TPSA) is 0 Å². The Kier molecular flexibility index (Phi) is 2.99. The predicted octanol–water partition coefficient (Wildman–Crippen LogP) is 0.398. The summed E-state index contributed by atoms with van der Waals surface area (Å²) in [5.41, 5.74) is 0. The van der Waals surface area contributed by atoms with Crippen molar-refractivity contribution in [2.75, 3.05) is 6.57 Å². The summed E-state index contributed by atoms with van der Waals surface area (Å²) in [6.45, 7) is 1.62. The molecule has 0 aliphatic rings. The molecule has 0 N–H and O–H groups in total. The third-order valence-electron chi connectivity index (χ3n) is 0.189. The number of halogens is 1. The van der Waals surface area contributed by atoms with Crippen molar-refractivity contribution in [3.63, 3.8) is 0 Å². The van der Waals surface area contributed by atoms with E-state index in [2.05, 4.69) is 0 Å². The Morgan fingerprint density at radius 3 is 2.25 bits per heavy atom. The summed E-state index contributed by atoms with van der Waals surface area (Å²) in [7, 11) is 0.653. The second-order valence-electron chi connectivity index (χ2n) is 0.689. The van der Waals surface area contributed by atoms with Crippen LogP contribution in [0.25, 0.3) is 0 Å². The molecule has 0 aromatic rings. The quantitative estimate of drug-likeness (QED) is 0.384. The lowest BCUT2D eigenvalue weighted by Gasteiger charge is -1.60. The van der Waals surface area contributed by atoms with Crippen molar-refractivity contribution in [3.8, 4) is 0 Å². The van der Waals surface area contributed by atoms with E-state index < -0.39 is 0 Å². The van der Waals surface area contributed by atoms with E-state index in [4.69, 9.17) is 0 Å². The maximum Gasteiger partial charge on any atom is 0.157 e. The van der Waals surface area contributed by atoms with Gasteiger partial charge in [0, 0.05) is 0 Å². The second-order valence-corrected chi connectivity index (χ2v) is 0.689. The van der Waals surface area contributed by atoms with E-state index in [9.17, 15) is 4.39 Å². The molecule has 0 aromatic carbocycles. The maximum absolute atomic E-state index is 10.7. The van der Waals surface area contributed by atoms with E-state index in [1.807, 2.05) is 0 Å². The highest BCUT2D eigenvalue weighted by Crippen LogP contribution is 1.54. The summed E-state index contributed by atoms with van der Waals surface area (Å²) in [4.78, 5) is 0. The first-order valence-corrected chi connectivity index (χ1v) is 1.47. The normalized spacial score (nSPS) is 6.50. The van der Waals surface area contributed by atoms with Crippen molar-refractivity contribution < 1.29 is 4.39 Å². The van der Waals surface area contributed by atoms with Crippen LogP contribution in [0, 0.1) is 0 Å². The molecule has 0 aliphatic carbocycles. The van der Waals surface area contributed by atoms with Crippen molar-refractivity contribution in [1.29, 1.82) is 0 Å². The molecule has 0 rings (SSSR count). The van der Waals surface area contributed by atoms with E-state index >= 15 is 0 Å². The third kappa shape index (κ3) is 1.99. The van der Waals surface area contributed by atoms with Crippen LogP contribution in [0.4, 0.5) is 4.39 Å². The van der Waals surface area contributed by atoms with Crippen LogP contribution in [0.2, 0.25) is 6.82 Å². The Morgan fingerprint density at radius 1 is 2.00 bits per heavy atom. The monoisotopic (exact) mass is 60.1 g/mol. The van der Waals surface area contributed by atoms with Crippen molar-refractivity contribution in [1.82, 2.24) is 0 Å². The zero-order chi connectivity index (χ0) is 3.41. The zero-order valence-corrected chi connectivity index (χ0v) is 2.79. The van der Waals surface area contributed by atoms with Crippen molar-refractivity contribution in [2.45, 2.75) is 6.82 Å². The summed E-state index contributed by atoms with van der Waals surface area (Å²) in [6, 6.07) is 0. The maximum atomic E-state index is 10.7. The highest BCUT2D eigenvalue weighted by Gasteiger charge is 1.66. The minimum absolute atomic E-state index is 0.181. The summed E-state index contributed by atoms with van der Waals surface area (Å²) >= 11 is 0. The lowest BCUT2D eigenvalue weighted by atomic mass is 9.86. The van der Waals surface area contributed by atoms with Gasteiger partial charge in [0.05, 0.1) is 6.57 Å². The largest absolute Gasteiger partial charge is 0.261 e. The Balaban J connectivity index is 1.97. The molecule has 0 spiro atoms. The fourth-order valence-electron chi connectivity index (χ4n) is 0. The van der Waals surface area contributed by atoms with Gasteiger partial charge in [-0.15, -0.1) is 0 Å². The first-order chi connectivity index (χ1) is 1.91. The van der Waals surface area contributed by atoms with Gasteiger partial charge in [-0.25, -0.2) is 0 Å². The van der Waals surface area contributed by atoms with E-state index in [1.54, 1.807) is 6.82 Å². The SMILES string of the molecule is CBCF. The van der Waals surface area contributed by atoms with E-state index in [0.717, 1.165) is 0 Å². The van der Waals surface area contributed by atoms with Crippen LogP contribution in [0.1, 0.15) is 0 Å². The molecular weight excluding hydrogens is 53.8 g/mol. The Labute approximate surface area is 26.3 Å². The lowest BCUT2D eigenvalue weighted by Crippen LogP contribution is -1.78. The molecule has 0 nitrogen and oxygen atoms in total. The van der Waals surface area contributed by atoms with Gasteiger partial charge in [0.2, 0.25) is 0 Å². The third-order valence-corrected chi connectivity index (χ3v) is 0.189. The lowest BCUT2D eigenvalue weighted by molar-refractivity contribution is 0.594. The van der Waals surface area contributed by atoms with Crippen LogP contribution in [0.5, 0.6) is 0 Å². The average molecular weight is 59.9 g/mol. The van der Waals surface area contributed by atoms with Crippen molar-refractivity contribution >= 4 is 7.28 Å². The molecule has 0 heterocycles. The standard InChI is InChI=1S/C2H6BF/c1-3-2-4/h3H,2H2,1H3. The van der Waals surface area contributed by atoms with Crippen LogP contribution in [-0.4, -0.2) is 13.9 Å². The first-order valence-electron chi connectivity index (χ1n) is 1.47. The van der Waals surface area contributed by atoms with Gasteiger partial charge >= 0.3 is 0 Å². The van der Waals surface area contributed by atoms with Crippen LogP contribution >= 0.6 is 0 Å². The molecule has 0 fully saturated rings. The minimum atomic E-state index is -0.181. The molecular formula is C2H6BF. The summed E-state index contributed by atoms with van der Waals surface area (Å²) in [5, 5.41) is 0. The van der Waals surface area contributed by atoms with Gasteiger partial charge in [0.15, 0.2) is 7.28 Å². The molecule has 0 saturated carbocycles. The van der Waals surface area contributed by atoms with Crippen LogP contribution < -0.4 is 0 Å². The van der Waals surface area contributed by atoms with Gasteiger partial charge in [0.25, 0.3) is 0 Å². The highest BCUT2D eigenvalue weighted by atomic mass is 19.1. The Morgan fingerprint density at radius 2 is 2.25 bits per heavy atom. The number of alkyl halides is 1. The van der Waals surface area contributed by atoms with Gasteiger partial charge in [-0.05, 0) is 0 Å². The highest BCUT2D eigenvalue weighted by molar-refractivity contribution is 6.33. The smallest absolute Gasteiger partial charge is 0.157 e. The van der Waals surface area contributed by atoms with Crippen LogP contribution in [0.3, 0.4) is 0 Å². The molecule has 0 atom stereocenters. The summed E-state index contributed by atoms with van der Waals surface area (Å²) < 4.78 is 10.7. The molecule has 0 amide bonds. The van der Waals surface area contributed by atoms with Crippen molar-refractivity contribution in [2.24, 2.45) is 0 Å². The predicted molar refractivity (Wildman–Crippen MR) is 19.0 cm³/mol. The summed E-state index contributed by atoms with van der Waals surface area (Å²) in [6.07, 6.45) is 0. The minimum Gasteiger partial charge on any atom is -0.261 e. The molecule has 4 heavy (non-hydrogen) atoms. The number of rotatable bonds is 1. The van der Waals surface area contributed by atoms with Gasteiger partial charge in [-0.3, -0.25) is 4.39 Å². The fourth-order valence-corrected chi connectivity index (χ4v) is 0. The van der Waals surface area contributed by atoms with E-state index in [0.29, 0.717) is 7.28 Å². The van der Waals surface area contributed by atoms with E-state index in [-0.39, 0.29) is 6.57 Å². The molecule has 0 radical (unpaired) electrons. The number of hydrogen-bond donors (Lipinski definition) is 0. The number of hydrogen-bond acceptors (Lipinski definition) is 0. The van der Waals surface area contributed by atoms with Gasteiger partial charge < -0.3 is 0 Å². The van der Waals surface area contributed by atoms with E-state index in [1.165, 1.54) is 0 Å². The van der Waals surface area contributed by atoms with Crippen LogP contribution in [-0.2, 0) is 0 Å². The Hall–Kier alpha value is -0.00506. The van der Waals surface area contributed by atoms with Crippen molar-refractivity contribution in [3.05, 3.63) is 0 Å². The van der Waals surface area contributed by atoms with Crippen LogP contribution in [0.15, 0.2) is 0 Å². The molecule has 2 heteroatoms. The zero-order valence-electron chi connectivity index (χ0n) is 2.79. The molecule has 0 unspecified atom stereocenters. The second kappa shape index (κ2) is 2.99.